The third-order valence-corrected chi connectivity index (χ3v) is 6.20. The molecule has 0 radical (unpaired) electrons. The Kier molecular flexibility index (Phi) is 3.85. The van der Waals surface area contributed by atoms with Gasteiger partial charge in [-0.1, -0.05) is 54.6 Å². The Morgan fingerprint density at radius 3 is 2.64 bits per heavy atom. The van der Waals surface area contributed by atoms with Gasteiger partial charge >= 0.3 is 0 Å². The monoisotopic (exact) mass is 353 g/mol. The summed E-state index contributed by atoms with van der Waals surface area (Å²) in [7, 11) is -3.63. The number of rotatable bonds is 2. The van der Waals surface area contributed by atoms with Gasteiger partial charge in [-0.25, -0.2) is 0 Å². The number of hydrogen-bond acceptors (Lipinski definition) is 3. The summed E-state index contributed by atoms with van der Waals surface area (Å²) in [5.74, 6) is -0.166. The van der Waals surface area contributed by atoms with Crippen LogP contribution in [0.25, 0.3) is 0 Å². The topological polar surface area (TPSA) is 55.7 Å². The van der Waals surface area contributed by atoms with Crippen molar-refractivity contribution in [3.05, 3.63) is 77.4 Å². The lowest BCUT2D eigenvalue weighted by atomic mass is 9.81. The van der Waals surface area contributed by atoms with Crippen LogP contribution >= 0.6 is 0 Å². The van der Waals surface area contributed by atoms with E-state index < -0.39 is 10.0 Å². The largest absolute Gasteiger partial charge is 0.368 e. The molecule has 4 rings (SSSR count). The Hall–Kier alpha value is -2.24. The van der Waals surface area contributed by atoms with E-state index in [2.05, 4.69) is 11.0 Å². The summed E-state index contributed by atoms with van der Waals surface area (Å²) >= 11 is 0. The van der Waals surface area contributed by atoms with Crippen molar-refractivity contribution >= 4 is 15.7 Å². The number of sulfonamides is 1. The minimum absolute atomic E-state index is 0.166. The van der Waals surface area contributed by atoms with Crippen molar-refractivity contribution in [2.75, 3.05) is 6.61 Å². The molecule has 25 heavy (non-hydrogen) atoms. The predicted molar refractivity (Wildman–Crippen MR) is 97.3 cm³/mol. The normalized spacial score (nSPS) is 24.7. The SMILES string of the molecule is C=C1CO[C@H](c2ccccc2C)[C@@H](C2=NS(=O)(=O)c3ccccc32)C1. The van der Waals surface area contributed by atoms with Crippen molar-refractivity contribution in [3.8, 4) is 0 Å². The van der Waals surface area contributed by atoms with E-state index in [1.807, 2.05) is 43.3 Å². The summed E-state index contributed by atoms with van der Waals surface area (Å²) in [6.45, 7) is 6.57. The molecule has 0 saturated carbocycles. The van der Waals surface area contributed by atoms with Crippen LogP contribution in [0.1, 0.15) is 29.2 Å². The summed E-state index contributed by atoms with van der Waals surface area (Å²) < 4.78 is 35.1. The van der Waals surface area contributed by atoms with Crippen molar-refractivity contribution in [1.82, 2.24) is 0 Å². The van der Waals surface area contributed by atoms with Crippen molar-refractivity contribution < 1.29 is 13.2 Å². The molecule has 5 heteroatoms. The number of fused-ring (bicyclic) bond motifs is 1. The fourth-order valence-electron chi connectivity index (χ4n) is 3.65. The molecule has 0 aromatic heterocycles. The molecule has 0 unspecified atom stereocenters. The fourth-order valence-corrected chi connectivity index (χ4v) is 4.94. The molecule has 2 aromatic carbocycles. The molecule has 1 saturated heterocycles. The number of ether oxygens (including phenoxy) is 1. The van der Waals surface area contributed by atoms with E-state index in [9.17, 15) is 8.42 Å². The summed E-state index contributed by atoms with van der Waals surface area (Å²) in [5.41, 5.74) is 4.43. The van der Waals surface area contributed by atoms with Crippen molar-refractivity contribution in [3.63, 3.8) is 0 Å². The maximum atomic E-state index is 12.4. The molecular weight excluding hydrogens is 334 g/mol. The average molecular weight is 353 g/mol. The predicted octanol–water partition coefficient (Wildman–Crippen LogP) is 3.82. The van der Waals surface area contributed by atoms with E-state index in [4.69, 9.17) is 4.74 Å². The van der Waals surface area contributed by atoms with Gasteiger partial charge in [0.15, 0.2) is 0 Å². The highest BCUT2D eigenvalue weighted by Gasteiger charge is 2.39. The second kappa shape index (κ2) is 5.93. The lowest BCUT2D eigenvalue weighted by molar-refractivity contribution is 0.0206. The van der Waals surface area contributed by atoms with Gasteiger partial charge in [0.05, 0.1) is 23.3 Å². The van der Waals surface area contributed by atoms with Crippen molar-refractivity contribution in [1.29, 1.82) is 0 Å². The highest BCUT2D eigenvalue weighted by Crippen LogP contribution is 2.42. The van der Waals surface area contributed by atoms with E-state index >= 15 is 0 Å². The van der Waals surface area contributed by atoms with E-state index in [-0.39, 0.29) is 16.9 Å². The molecule has 2 aromatic rings. The first-order valence-electron chi connectivity index (χ1n) is 8.25. The maximum absolute atomic E-state index is 12.4. The molecule has 0 bridgehead atoms. The van der Waals surface area contributed by atoms with Crippen LogP contribution in [0.4, 0.5) is 0 Å². The Labute approximate surface area is 147 Å². The molecule has 2 atom stereocenters. The third kappa shape index (κ3) is 2.73. The molecule has 0 N–H and O–H groups in total. The van der Waals surface area contributed by atoms with Gasteiger partial charge < -0.3 is 4.74 Å². The molecular formula is C20H19NO3S. The molecule has 2 aliphatic rings. The smallest absolute Gasteiger partial charge is 0.283 e. The summed E-state index contributed by atoms with van der Waals surface area (Å²) in [6.07, 6.45) is 0.439. The van der Waals surface area contributed by atoms with Gasteiger partial charge in [0.1, 0.15) is 0 Å². The lowest BCUT2D eigenvalue weighted by Gasteiger charge is -2.34. The average Bonchev–Trinajstić information content (AvgIpc) is 2.87. The summed E-state index contributed by atoms with van der Waals surface area (Å²) in [6, 6.07) is 15.1. The lowest BCUT2D eigenvalue weighted by Crippen LogP contribution is -2.30. The van der Waals surface area contributed by atoms with Crippen LogP contribution in [-0.4, -0.2) is 20.7 Å². The third-order valence-electron chi connectivity index (χ3n) is 4.85. The minimum Gasteiger partial charge on any atom is -0.368 e. The van der Waals surface area contributed by atoms with E-state index in [0.29, 0.717) is 24.3 Å². The highest BCUT2D eigenvalue weighted by atomic mass is 32.2. The molecule has 4 nitrogen and oxygen atoms in total. The van der Waals surface area contributed by atoms with Gasteiger partial charge in [-0.2, -0.15) is 12.8 Å². The number of benzene rings is 2. The zero-order valence-corrected chi connectivity index (χ0v) is 14.8. The van der Waals surface area contributed by atoms with Crippen LogP contribution in [0.5, 0.6) is 0 Å². The second-order valence-corrected chi connectivity index (χ2v) is 8.17. The molecule has 128 valence electrons. The van der Waals surface area contributed by atoms with Gasteiger partial charge in [-0.15, -0.1) is 0 Å². The highest BCUT2D eigenvalue weighted by molar-refractivity contribution is 7.90. The van der Waals surface area contributed by atoms with Crippen LogP contribution in [0.2, 0.25) is 0 Å². The molecule has 2 heterocycles. The van der Waals surface area contributed by atoms with Crippen LogP contribution in [0.15, 0.2) is 70.0 Å². The van der Waals surface area contributed by atoms with Gasteiger partial charge in [-0.3, -0.25) is 0 Å². The quantitative estimate of drug-likeness (QED) is 0.771. The van der Waals surface area contributed by atoms with E-state index in [1.165, 1.54) is 0 Å². The Bertz CT molecular complexity index is 992. The van der Waals surface area contributed by atoms with Crippen molar-refractivity contribution in [2.45, 2.75) is 24.3 Å². The molecule has 1 fully saturated rings. The minimum atomic E-state index is -3.63. The Balaban J connectivity index is 1.84. The molecule has 0 spiro atoms. The number of hydrogen-bond donors (Lipinski definition) is 0. The zero-order valence-electron chi connectivity index (χ0n) is 14.0. The van der Waals surface area contributed by atoms with Gasteiger partial charge in [-0.05, 0) is 30.5 Å². The van der Waals surface area contributed by atoms with Crippen LogP contribution in [-0.2, 0) is 14.8 Å². The van der Waals surface area contributed by atoms with Crippen LogP contribution in [0.3, 0.4) is 0 Å². The molecule has 2 aliphatic heterocycles. The van der Waals surface area contributed by atoms with Crippen LogP contribution < -0.4 is 0 Å². The second-order valence-electron chi connectivity index (χ2n) is 6.60. The fraction of sp³-hybridized carbons (Fsp3) is 0.250. The van der Waals surface area contributed by atoms with Gasteiger partial charge in [0.2, 0.25) is 0 Å². The Morgan fingerprint density at radius 1 is 1.12 bits per heavy atom. The first-order chi connectivity index (χ1) is 12.0. The van der Waals surface area contributed by atoms with Gasteiger partial charge in [0, 0.05) is 11.5 Å². The van der Waals surface area contributed by atoms with Crippen LogP contribution in [0, 0.1) is 12.8 Å². The molecule has 0 aliphatic carbocycles. The summed E-state index contributed by atoms with van der Waals surface area (Å²) in [5, 5.41) is 0. The first kappa shape index (κ1) is 16.2. The first-order valence-corrected chi connectivity index (χ1v) is 9.69. The van der Waals surface area contributed by atoms with E-state index in [0.717, 1.165) is 16.7 Å². The summed E-state index contributed by atoms with van der Waals surface area (Å²) in [4.78, 5) is 0.282. The maximum Gasteiger partial charge on any atom is 0.283 e. The van der Waals surface area contributed by atoms with Gasteiger partial charge in [0.25, 0.3) is 10.0 Å². The standard InChI is InChI=1S/C20H19NO3S/c1-13-11-17(20(24-12-13)15-8-4-3-7-14(15)2)19-16-9-5-6-10-18(16)25(22,23)21-19/h3-10,17,20H,1,11-12H2,2H3/t17-,20-/m1/s1. The number of nitrogens with zero attached hydrogens (tertiary/aromatic N) is 1. The van der Waals surface area contributed by atoms with Crippen molar-refractivity contribution in [2.24, 2.45) is 10.3 Å². The van der Waals surface area contributed by atoms with E-state index in [1.54, 1.807) is 12.1 Å². The number of aryl methyl sites for hydroxylation is 1. The zero-order chi connectivity index (χ0) is 17.6. The molecule has 0 amide bonds. The Morgan fingerprint density at radius 2 is 1.84 bits per heavy atom.